The van der Waals surface area contributed by atoms with E-state index in [4.69, 9.17) is 4.18 Å². The Bertz CT molecular complexity index is 376. The lowest BCUT2D eigenvalue weighted by molar-refractivity contribution is -0.155. The fraction of sp³-hybridized carbons (Fsp3) is 0.700. The summed E-state index contributed by atoms with van der Waals surface area (Å²) in [6.07, 6.45) is 0.123. The summed E-state index contributed by atoms with van der Waals surface area (Å²) in [7, 11) is -4.22. The molecule has 0 heterocycles. The van der Waals surface area contributed by atoms with Gasteiger partial charge in [-0.3, -0.25) is 0 Å². The van der Waals surface area contributed by atoms with Crippen LogP contribution in [-0.4, -0.2) is 26.3 Å². The van der Waals surface area contributed by atoms with Crippen LogP contribution in [0.2, 0.25) is 0 Å². The average molecular weight is 283 g/mol. The summed E-state index contributed by atoms with van der Waals surface area (Å²) in [6, 6.07) is 0. The Hall–Kier alpha value is -0.960. The lowest BCUT2D eigenvalue weighted by Crippen LogP contribution is -2.31. The first-order valence-corrected chi connectivity index (χ1v) is 6.42. The number of esters is 1. The van der Waals surface area contributed by atoms with Crippen LogP contribution < -0.4 is 6.15 Å². The van der Waals surface area contributed by atoms with Gasteiger partial charge in [-0.15, -0.1) is 0 Å². The van der Waals surface area contributed by atoms with Crippen LogP contribution in [0.3, 0.4) is 0 Å². The van der Waals surface area contributed by atoms with Gasteiger partial charge in [-0.05, 0) is 27.2 Å². The second kappa shape index (κ2) is 7.47. The Morgan fingerprint density at radius 1 is 1.44 bits per heavy atom. The van der Waals surface area contributed by atoms with Gasteiger partial charge in [0.05, 0.1) is 5.60 Å². The second-order valence-corrected chi connectivity index (χ2v) is 5.09. The van der Waals surface area contributed by atoms with E-state index in [-0.39, 0.29) is 6.15 Å². The van der Waals surface area contributed by atoms with Crippen molar-refractivity contribution in [3.8, 4) is 0 Å². The molecule has 1 atom stereocenters. The summed E-state index contributed by atoms with van der Waals surface area (Å²) < 4.78 is 36.7. The van der Waals surface area contributed by atoms with Crippen LogP contribution >= 0.6 is 0 Å². The third kappa shape index (κ3) is 8.18. The SMILES string of the molecule is C=CC(=O)OC(C)OS(=O)(=O)OC(C)(C)CC.N. The van der Waals surface area contributed by atoms with Crippen molar-refractivity contribution in [2.24, 2.45) is 0 Å². The molecule has 0 aromatic heterocycles. The fourth-order valence-corrected chi connectivity index (χ4v) is 1.83. The van der Waals surface area contributed by atoms with Gasteiger partial charge in [0.25, 0.3) is 0 Å². The van der Waals surface area contributed by atoms with E-state index in [0.717, 1.165) is 6.08 Å². The van der Waals surface area contributed by atoms with Crippen molar-refractivity contribution in [2.75, 3.05) is 0 Å². The highest BCUT2D eigenvalue weighted by Crippen LogP contribution is 2.18. The molecule has 0 aromatic rings. The van der Waals surface area contributed by atoms with Gasteiger partial charge in [-0.25, -0.2) is 13.2 Å². The van der Waals surface area contributed by atoms with E-state index in [1.807, 2.05) is 0 Å². The number of ether oxygens (including phenoxy) is 1. The molecule has 0 aliphatic carbocycles. The minimum Gasteiger partial charge on any atom is -0.432 e. The van der Waals surface area contributed by atoms with Gasteiger partial charge >= 0.3 is 16.4 Å². The molecule has 1 unspecified atom stereocenters. The van der Waals surface area contributed by atoms with E-state index in [9.17, 15) is 13.2 Å². The standard InChI is InChI=1S/C10H18O6S.H3N/c1-6-9(11)14-8(3)15-17(12,13)16-10(4,5)7-2;/h6,8H,1,7H2,2-5H3;1H3. The molecule has 18 heavy (non-hydrogen) atoms. The van der Waals surface area contributed by atoms with Crippen LogP contribution in [0.15, 0.2) is 12.7 Å². The largest absolute Gasteiger partial charge is 0.432 e. The summed E-state index contributed by atoms with van der Waals surface area (Å²) in [4.78, 5) is 10.8. The molecule has 3 N–H and O–H groups in total. The van der Waals surface area contributed by atoms with Crippen molar-refractivity contribution < 1.29 is 26.3 Å². The van der Waals surface area contributed by atoms with Crippen LogP contribution in [0.5, 0.6) is 0 Å². The van der Waals surface area contributed by atoms with Gasteiger partial charge in [0.1, 0.15) is 0 Å². The Balaban J connectivity index is 0. The summed E-state index contributed by atoms with van der Waals surface area (Å²) in [5, 5.41) is 0. The van der Waals surface area contributed by atoms with Gasteiger partial charge in [0.15, 0.2) is 0 Å². The second-order valence-electron chi connectivity index (χ2n) is 3.91. The first kappa shape index (κ1) is 19.4. The molecule has 0 saturated carbocycles. The molecule has 7 nitrogen and oxygen atoms in total. The third-order valence-corrected chi connectivity index (χ3v) is 3.04. The minimum absolute atomic E-state index is 0. The van der Waals surface area contributed by atoms with E-state index >= 15 is 0 Å². The maximum Gasteiger partial charge on any atom is 0.403 e. The highest BCUT2D eigenvalue weighted by atomic mass is 32.3. The zero-order valence-corrected chi connectivity index (χ0v) is 12.0. The van der Waals surface area contributed by atoms with Crippen LogP contribution in [-0.2, 0) is 28.3 Å². The Kier molecular flexibility index (Phi) is 8.04. The van der Waals surface area contributed by atoms with Gasteiger partial charge in [-0.2, -0.15) is 8.42 Å². The summed E-state index contributed by atoms with van der Waals surface area (Å²) >= 11 is 0. The number of hydrogen-bond donors (Lipinski definition) is 1. The van der Waals surface area contributed by atoms with E-state index in [1.54, 1.807) is 20.8 Å². The van der Waals surface area contributed by atoms with Crippen LogP contribution in [0, 0.1) is 0 Å². The summed E-state index contributed by atoms with van der Waals surface area (Å²) in [6.45, 7) is 9.42. The quantitative estimate of drug-likeness (QED) is 0.429. The van der Waals surface area contributed by atoms with Gasteiger partial charge in [0, 0.05) is 6.08 Å². The molecule has 0 radical (unpaired) electrons. The number of carbonyl (C=O) groups is 1. The molecule has 108 valence electrons. The van der Waals surface area contributed by atoms with Crippen molar-refractivity contribution >= 4 is 16.4 Å². The zero-order chi connectivity index (χ0) is 13.7. The van der Waals surface area contributed by atoms with Crippen molar-refractivity contribution in [2.45, 2.75) is 46.0 Å². The zero-order valence-electron chi connectivity index (χ0n) is 11.1. The molecule has 0 aliphatic rings. The lowest BCUT2D eigenvalue weighted by atomic mass is 10.1. The molecule has 0 bridgehead atoms. The summed E-state index contributed by atoms with van der Waals surface area (Å²) in [5.74, 6) is -0.776. The molecule has 0 aliphatic heterocycles. The summed E-state index contributed by atoms with van der Waals surface area (Å²) in [5.41, 5.74) is -0.874. The van der Waals surface area contributed by atoms with Gasteiger partial charge in [0.2, 0.25) is 6.29 Å². The predicted octanol–water partition coefficient (Wildman–Crippen LogP) is 1.69. The first-order chi connectivity index (χ1) is 7.62. The number of hydrogen-bond acceptors (Lipinski definition) is 7. The molecule has 0 rings (SSSR count). The van der Waals surface area contributed by atoms with Gasteiger partial charge < -0.3 is 10.9 Å². The Labute approximate surface area is 108 Å². The normalized spacial score (nSPS) is 13.3. The molecular weight excluding hydrogens is 262 g/mol. The third-order valence-electron chi connectivity index (χ3n) is 1.88. The Morgan fingerprint density at radius 3 is 2.33 bits per heavy atom. The Morgan fingerprint density at radius 2 is 1.94 bits per heavy atom. The monoisotopic (exact) mass is 283 g/mol. The first-order valence-electron chi connectivity index (χ1n) is 5.09. The van der Waals surface area contributed by atoms with Crippen LogP contribution in [0.1, 0.15) is 34.1 Å². The fourth-order valence-electron chi connectivity index (χ4n) is 0.752. The maximum atomic E-state index is 11.4. The molecule has 0 fully saturated rings. The van der Waals surface area contributed by atoms with Crippen molar-refractivity contribution in [1.29, 1.82) is 0 Å². The molecule has 0 aromatic carbocycles. The molecule has 0 spiro atoms. The van der Waals surface area contributed by atoms with Crippen molar-refractivity contribution in [3.05, 3.63) is 12.7 Å². The minimum atomic E-state index is -4.22. The van der Waals surface area contributed by atoms with Crippen molar-refractivity contribution in [1.82, 2.24) is 6.15 Å². The molecule has 0 amide bonds. The topological polar surface area (TPSA) is 114 Å². The highest BCUT2D eigenvalue weighted by Gasteiger charge is 2.28. The van der Waals surface area contributed by atoms with E-state index in [1.165, 1.54) is 6.92 Å². The van der Waals surface area contributed by atoms with Gasteiger partial charge in [-0.1, -0.05) is 13.5 Å². The lowest BCUT2D eigenvalue weighted by Gasteiger charge is -2.22. The number of rotatable bonds is 7. The van der Waals surface area contributed by atoms with E-state index in [0.29, 0.717) is 6.42 Å². The average Bonchev–Trinajstić information content (AvgIpc) is 2.14. The molecule has 8 heteroatoms. The van der Waals surface area contributed by atoms with E-state index < -0.39 is 28.3 Å². The maximum absolute atomic E-state index is 11.4. The molecule has 0 saturated heterocycles. The molecular formula is C10H21NO6S. The smallest absolute Gasteiger partial charge is 0.403 e. The highest BCUT2D eigenvalue weighted by molar-refractivity contribution is 7.81. The van der Waals surface area contributed by atoms with E-state index in [2.05, 4.69) is 15.5 Å². The van der Waals surface area contributed by atoms with Crippen molar-refractivity contribution in [3.63, 3.8) is 0 Å². The number of carbonyl (C=O) groups excluding carboxylic acids is 1. The van der Waals surface area contributed by atoms with Crippen LogP contribution in [0.4, 0.5) is 0 Å². The van der Waals surface area contributed by atoms with Crippen LogP contribution in [0.25, 0.3) is 0 Å². The predicted molar refractivity (Wildman–Crippen MR) is 66.2 cm³/mol.